The van der Waals surface area contributed by atoms with Gasteiger partial charge in [0.1, 0.15) is 22.5 Å². The van der Waals surface area contributed by atoms with Crippen LogP contribution in [0.3, 0.4) is 0 Å². The van der Waals surface area contributed by atoms with Gasteiger partial charge in [-0.3, -0.25) is 4.79 Å². The molecule has 3 rings (SSSR count). The van der Waals surface area contributed by atoms with E-state index < -0.39 is 0 Å². The molecule has 27 heavy (non-hydrogen) atoms. The maximum Gasteiger partial charge on any atom is 0.204 e. The van der Waals surface area contributed by atoms with Crippen LogP contribution in [0, 0.1) is 0 Å². The summed E-state index contributed by atoms with van der Waals surface area (Å²) in [6, 6.07) is 8.78. The van der Waals surface area contributed by atoms with Gasteiger partial charge < -0.3 is 23.4 Å². The van der Waals surface area contributed by atoms with Crippen LogP contribution >= 0.6 is 0 Å². The fourth-order valence-electron chi connectivity index (χ4n) is 3.14. The number of rotatable bonds is 6. The third-order valence-corrected chi connectivity index (χ3v) is 4.47. The van der Waals surface area contributed by atoms with Crippen molar-refractivity contribution >= 4 is 11.0 Å². The van der Waals surface area contributed by atoms with Crippen LogP contribution in [0.25, 0.3) is 22.3 Å². The standard InChI is InChI=1S/C21H22O6/c1-6-12-9-13(7-8-15(12)23-2)16-10-14(22)19-17(27-16)11-18(24-3)20(25-4)21(19)26-5/h7-11H,6H2,1-5H3. The molecule has 0 atom stereocenters. The molecule has 0 aliphatic carbocycles. The Morgan fingerprint density at radius 1 is 0.852 bits per heavy atom. The molecule has 6 nitrogen and oxygen atoms in total. The van der Waals surface area contributed by atoms with Crippen molar-refractivity contribution in [2.24, 2.45) is 0 Å². The first kappa shape index (κ1) is 18.6. The Hall–Kier alpha value is -3.15. The molecular formula is C21H22O6. The fourth-order valence-corrected chi connectivity index (χ4v) is 3.14. The first-order valence-electron chi connectivity index (χ1n) is 8.52. The molecule has 1 heterocycles. The molecular weight excluding hydrogens is 348 g/mol. The van der Waals surface area contributed by atoms with E-state index in [0.717, 1.165) is 23.3 Å². The zero-order chi connectivity index (χ0) is 19.6. The van der Waals surface area contributed by atoms with Gasteiger partial charge in [-0.05, 0) is 30.2 Å². The van der Waals surface area contributed by atoms with Crippen molar-refractivity contribution in [1.82, 2.24) is 0 Å². The lowest BCUT2D eigenvalue weighted by molar-refractivity contribution is 0.326. The topological polar surface area (TPSA) is 67.1 Å². The van der Waals surface area contributed by atoms with Crippen molar-refractivity contribution in [3.63, 3.8) is 0 Å². The highest BCUT2D eigenvalue weighted by molar-refractivity contribution is 5.90. The molecule has 0 amide bonds. The van der Waals surface area contributed by atoms with Crippen LogP contribution in [0.1, 0.15) is 12.5 Å². The van der Waals surface area contributed by atoms with Gasteiger partial charge in [0, 0.05) is 17.7 Å². The van der Waals surface area contributed by atoms with Crippen LogP contribution in [0.15, 0.2) is 39.5 Å². The van der Waals surface area contributed by atoms with E-state index >= 15 is 0 Å². The van der Waals surface area contributed by atoms with Crippen molar-refractivity contribution in [1.29, 1.82) is 0 Å². The lowest BCUT2D eigenvalue weighted by Gasteiger charge is -2.14. The van der Waals surface area contributed by atoms with Gasteiger partial charge >= 0.3 is 0 Å². The van der Waals surface area contributed by atoms with Gasteiger partial charge in [0.25, 0.3) is 0 Å². The molecule has 0 bridgehead atoms. The van der Waals surface area contributed by atoms with Gasteiger partial charge in [0.2, 0.25) is 5.75 Å². The van der Waals surface area contributed by atoms with E-state index in [0.29, 0.717) is 28.2 Å². The predicted octanol–water partition coefficient (Wildman–Crippen LogP) is 4.06. The molecule has 1 aromatic heterocycles. The first-order chi connectivity index (χ1) is 13.1. The SMILES string of the molecule is CCc1cc(-c2cc(=O)c3c(OC)c(OC)c(OC)cc3o2)ccc1OC. The molecule has 0 saturated carbocycles. The number of hydrogen-bond acceptors (Lipinski definition) is 6. The maximum atomic E-state index is 12.8. The molecule has 0 radical (unpaired) electrons. The van der Waals surface area contributed by atoms with E-state index in [9.17, 15) is 4.79 Å². The van der Waals surface area contributed by atoms with Gasteiger partial charge in [-0.2, -0.15) is 0 Å². The van der Waals surface area contributed by atoms with E-state index in [1.54, 1.807) is 13.2 Å². The zero-order valence-electron chi connectivity index (χ0n) is 16.0. The largest absolute Gasteiger partial charge is 0.496 e. The third kappa shape index (κ3) is 3.18. The summed E-state index contributed by atoms with van der Waals surface area (Å²) in [5.74, 6) is 2.32. The van der Waals surface area contributed by atoms with Crippen LogP contribution < -0.4 is 24.4 Å². The molecule has 0 saturated heterocycles. The van der Waals surface area contributed by atoms with Crippen LogP contribution in [0.4, 0.5) is 0 Å². The van der Waals surface area contributed by atoms with Crippen molar-refractivity contribution in [3.8, 4) is 34.3 Å². The van der Waals surface area contributed by atoms with Gasteiger partial charge in [-0.15, -0.1) is 0 Å². The number of methoxy groups -OCH3 is 4. The van der Waals surface area contributed by atoms with Crippen LogP contribution in [0.2, 0.25) is 0 Å². The average Bonchev–Trinajstić information content (AvgIpc) is 2.71. The molecule has 6 heteroatoms. The van der Waals surface area contributed by atoms with E-state index in [4.69, 9.17) is 23.4 Å². The van der Waals surface area contributed by atoms with E-state index in [2.05, 4.69) is 0 Å². The highest BCUT2D eigenvalue weighted by atomic mass is 16.5. The minimum absolute atomic E-state index is 0.224. The van der Waals surface area contributed by atoms with Crippen LogP contribution in [-0.4, -0.2) is 28.4 Å². The second kappa shape index (κ2) is 7.61. The highest BCUT2D eigenvalue weighted by Crippen LogP contribution is 2.42. The summed E-state index contributed by atoms with van der Waals surface area (Å²) in [6.45, 7) is 2.04. The van der Waals surface area contributed by atoms with Gasteiger partial charge in [0.15, 0.2) is 16.9 Å². The zero-order valence-corrected chi connectivity index (χ0v) is 16.0. The second-order valence-electron chi connectivity index (χ2n) is 5.87. The Labute approximate surface area is 157 Å². The normalized spacial score (nSPS) is 10.7. The number of ether oxygens (including phenoxy) is 4. The lowest BCUT2D eigenvalue weighted by atomic mass is 10.0. The van der Waals surface area contributed by atoms with Crippen molar-refractivity contribution in [3.05, 3.63) is 46.1 Å². The minimum Gasteiger partial charge on any atom is -0.496 e. The number of hydrogen-bond donors (Lipinski definition) is 0. The summed E-state index contributed by atoms with van der Waals surface area (Å²) in [7, 11) is 6.12. The average molecular weight is 370 g/mol. The van der Waals surface area contributed by atoms with Crippen LogP contribution in [-0.2, 0) is 6.42 Å². The Kier molecular flexibility index (Phi) is 5.26. The Morgan fingerprint density at radius 3 is 2.15 bits per heavy atom. The molecule has 2 aromatic carbocycles. The quantitative estimate of drug-likeness (QED) is 0.652. The van der Waals surface area contributed by atoms with Crippen molar-refractivity contribution < 1.29 is 23.4 Å². The predicted molar refractivity (Wildman–Crippen MR) is 104 cm³/mol. The Morgan fingerprint density at radius 2 is 1.56 bits per heavy atom. The second-order valence-corrected chi connectivity index (χ2v) is 5.87. The van der Waals surface area contributed by atoms with Crippen molar-refractivity contribution in [2.45, 2.75) is 13.3 Å². The lowest BCUT2D eigenvalue weighted by Crippen LogP contribution is -2.05. The Balaban J connectivity index is 2.28. The molecule has 142 valence electrons. The molecule has 0 spiro atoms. The summed E-state index contributed by atoms with van der Waals surface area (Å²) in [5, 5.41) is 0.308. The van der Waals surface area contributed by atoms with E-state index in [1.165, 1.54) is 27.4 Å². The highest BCUT2D eigenvalue weighted by Gasteiger charge is 2.21. The minimum atomic E-state index is -0.224. The van der Waals surface area contributed by atoms with Gasteiger partial charge in [0.05, 0.1) is 28.4 Å². The summed E-state index contributed by atoms with van der Waals surface area (Å²) < 4.78 is 27.5. The summed E-state index contributed by atoms with van der Waals surface area (Å²) >= 11 is 0. The number of fused-ring (bicyclic) bond motifs is 1. The summed E-state index contributed by atoms with van der Waals surface area (Å²) in [5.41, 5.74) is 1.96. The smallest absolute Gasteiger partial charge is 0.204 e. The van der Waals surface area contributed by atoms with E-state index in [-0.39, 0.29) is 11.2 Å². The third-order valence-electron chi connectivity index (χ3n) is 4.47. The maximum absolute atomic E-state index is 12.8. The molecule has 0 aliphatic heterocycles. The van der Waals surface area contributed by atoms with Gasteiger partial charge in [-0.25, -0.2) is 0 Å². The molecule has 0 unspecified atom stereocenters. The fraction of sp³-hybridized carbons (Fsp3) is 0.286. The monoisotopic (exact) mass is 370 g/mol. The summed E-state index contributed by atoms with van der Waals surface area (Å²) in [6.07, 6.45) is 0.799. The van der Waals surface area contributed by atoms with E-state index in [1.807, 2.05) is 25.1 Å². The molecule has 0 N–H and O–H groups in total. The van der Waals surface area contributed by atoms with Crippen molar-refractivity contribution in [2.75, 3.05) is 28.4 Å². The number of aryl methyl sites for hydroxylation is 1. The van der Waals surface area contributed by atoms with Crippen LogP contribution in [0.5, 0.6) is 23.0 Å². The number of benzene rings is 2. The first-order valence-corrected chi connectivity index (χ1v) is 8.52. The molecule has 0 aliphatic rings. The Bertz CT molecular complexity index is 1040. The molecule has 0 fully saturated rings. The summed E-state index contributed by atoms with van der Waals surface area (Å²) in [4.78, 5) is 12.8. The molecule has 3 aromatic rings. The van der Waals surface area contributed by atoms with Gasteiger partial charge in [-0.1, -0.05) is 6.92 Å².